The summed E-state index contributed by atoms with van der Waals surface area (Å²) in [5.41, 5.74) is -0.304. The van der Waals surface area contributed by atoms with E-state index in [0.29, 0.717) is 11.4 Å². The summed E-state index contributed by atoms with van der Waals surface area (Å²) in [7, 11) is -2.65. The topological polar surface area (TPSA) is 78.3 Å². The largest absolute Gasteiger partial charge is 0.497 e. The molecule has 0 fully saturated rings. The van der Waals surface area contributed by atoms with E-state index in [-0.39, 0.29) is 4.90 Å². The van der Waals surface area contributed by atoms with Crippen LogP contribution in [0.1, 0.15) is 0 Å². The molecule has 0 aliphatic heterocycles. The molecule has 0 aliphatic rings. The van der Waals surface area contributed by atoms with Gasteiger partial charge in [-0.1, -0.05) is 0 Å². The van der Waals surface area contributed by atoms with Gasteiger partial charge in [0.15, 0.2) is 0 Å². The first-order valence-corrected chi connectivity index (χ1v) is 8.65. The lowest BCUT2D eigenvalue weighted by Gasteiger charge is -2.08. The molecule has 3 aromatic rings. The van der Waals surface area contributed by atoms with E-state index >= 15 is 0 Å². The van der Waals surface area contributed by atoms with E-state index in [1.807, 2.05) is 0 Å². The van der Waals surface area contributed by atoms with Crippen molar-refractivity contribution in [2.24, 2.45) is 0 Å². The van der Waals surface area contributed by atoms with Gasteiger partial charge in [-0.25, -0.2) is 17.5 Å². The van der Waals surface area contributed by atoms with Gasteiger partial charge in [0, 0.05) is 12.3 Å². The SMILES string of the molecule is COc1ccc(S(=O)(=O)c2nn(-c3ccc(F)cc3)ccc2=O)cc1. The number of hydrogen-bond donors (Lipinski definition) is 0. The number of hydrogen-bond acceptors (Lipinski definition) is 5. The summed E-state index contributed by atoms with van der Waals surface area (Å²) >= 11 is 0. The molecule has 0 N–H and O–H groups in total. The first-order valence-electron chi connectivity index (χ1n) is 7.17. The van der Waals surface area contributed by atoms with E-state index in [2.05, 4.69) is 5.10 Å². The van der Waals surface area contributed by atoms with Gasteiger partial charge in [-0.3, -0.25) is 4.79 Å². The molecule has 0 bridgehead atoms. The van der Waals surface area contributed by atoms with Crippen LogP contribution in [0.5, 0.6) is 5.75 Å². The number of methoxy groups -OCH3 is 1. The molecular weight excluding hydrogens is 347 g/mol. The van der Waals surface area contributed by atoms with Gasteiger partial charge in [-0.2, -0.15) is 5.10 Å². The van der Waals surface area contributed by atoms with Crippen molar-refractivity contribution in [3.63, 3.8) is 0 Å². The molecule has 6 nitrogen and oxygen atoms in total. The predicted molar refractivity (Wildman–Crippen MR) is 88.2 cm³/mol. The van der Waals surface area contributed by atoms with E-state index in [1.54, 1.807) is 0 Å². The van der Waals surface area contributed by atoms with Crippen molar-refractivity contribution < 1.29 is 17.5 Å². The Hall–Kier alpha value is -3.00. The van der Waals surface area contributed by atoms with Crippen molar-refractivity contribution >= 4 is 9.84 Å². The predicted octanol–water partition coefficient (Wildman–Crippen LogP) is 2.21. The van der Waals surface area contributed by atoms with Gasteiger partial charge in [-0.15, -0.1) is 0 Å². The quantitative estimate of drug-likeness (QED) is 0.713. The molecule has 25 heavy (non-hydrogen) atoms. The summed E-state index contributed by atoms with van der Waals surface area (Å²) in [5.74, 6) is 0.0552. The first kappa shape index (κ1) is 16.8. The lowest BCUT2D eigenvalue weighted by molar-refractivity contribution is 0.414. The van der Waals surface area contributed by atoms with Gasteiger partial charge in [0.1, 0.15) is 11.6 Å². The highest BCUT2D eigenvalue weighted by molar-refractivity contribution is 7.91. The number of benzene rings is 2. The number of sulfone groups is 1. The van der Waals surface area contributed by atoms with E-state index in [1.165, 1.54) is 66.5 Å². The molecule has 2 aromatic carbocycles. The Morgan fingerprint density at radius 2 is 1.64 bits per heavy atom. The highest BCUT2D eigenvalue weighted by Gasteiger charge is 2.23. The summed E-state index contributed by atoms with van der Waals surface area (Å²) in [6.45, 7) is 0. The summed E-state index contributed by atoms with van der Waals surface area (Å²) in [4.78, 5) is 12.0. The van der Waals surface area contributed by atoms with Crippen LogP contribution in [0.2, 0.25) is 0 Å². The number of halogens is 1. The van der Waals surface area contributed by atoms with E-state index in [9.17, 15) is 17.6 Å². The third-order valence-electron chi connectivity index (χ3n) is 3.49. The van der Waals surface area contributed by atoms with Gasteiger partial charge >= 0.3 is 0 Å². The van der Waals surface area contributed by atoms with Crippen LogP contribution in [-0.2, 0) is 9.84 Å². The second-order valence-electron chi connectivity index (χ2n) is 5.09. The maximum absolute atomic E-state index is 13.0. The molecular formula is C17H13FN2O4S. The maximum Gasteiger partial charge on any atom is 0.229 e. The first-order chi connectivity index (χ1) is 11.9. The van der Waals surface area contributed by atoms with Crippen LogP contribution >= 0.6 is 0 Å². The maximum atomic E-state index is 13.0. The van der Waals surface area contributed by atoms with Gasteiger partial charge in [0.2, 0.25) is 20.3 Å². The summed E-state index contributed by atoms with van der Waals surface area (Å²) in [5, 5.41) is 3.32. The molecule has 1 heterocycles. The number of nitrogens with zero attached hydrogens (tertiary/aromatic N) is 2. The smallest absolute Gasteiger partial charge is 0.229 e. The Kier molecular flexibility index (Phi) is 4.37. The number of aromatic nitrogens is 2. The lowest BCUT2D eigenvalue weighted by Crippen LogP contribution is -2.20. The van der Waals surface area contributed by atoms with E-state index in [4.69, 9.17) is 4.74 Å². The fourth-order valence-corrected chi connectivity index (χ4v) is 3.43. The van der Waals surface area contributed by atoms with Crippen LogP contribution in [0.15, 0.2) is 75.5 Å². The Morgan fingerprint density at radius 1 is 1.00 bits per heavy atom. The number of rotatable bonds is 4. The fourth-order valence-electron chi connectivity index (χ4n) is 2.18. The van der Waals surface area contributed by atoms with Crippen LogP contribution in [0.4, 0.5) is 4.39 Å². The molecule has 0 saturated heterocycles. The molecule has 0 saturated carbocycles. The number of ether oxygens (including phenoxy) is 1. The van der Waals surface area contributed by atoms with Crippen LogP contribution in [0, 0.1) is 5.82 Å². The minimum atomic E-state index is -4.11. The third kappa shape index (κ3) is 3.29. The highest BCUT2D eigenvalue weighted by atomic mass is 32.2. The zero-order valence-corrected chi connectivity index (χ0v) is 13.9. The average Bonchev–Trinajstić information content (AvgIpc) is 2.63. The van der Waals surface area contributed by atoms with Crippen molar-refractivity contribution in [1.82, 2.24) is 9.78 Å². The minimum Gasteiger partial charge on any atom is -0.497 e. The zero-order valence-electron chi connectivity index (χ0n) is 13.1. The van der Waals surface area contributed by atoms with Crippen molar-refractivity contribution in [3.05, 3.63) is 76.8 Å². The van der Waals surface area contributed by atoms with Crippen molar-refractivity contribution in [2.75, 3.05) is 7.11 Å². The van der Waals surface area contributed by atoms with E-state index < -0.39 is 26.1 Å². The standard InChI is InChI=1S/C17H13FN2O4S/c1-24-14-6-8-15(9-7-14)25(22,23)17-16(21)10-11-20(19-17)13-4-2-12(18)3-5-13/h2-11H,1H3. The molecule has 128 valence electrons. The van der Waals surface area contributed by atoms with Crippen LogP contribution in [-0.4, -0.2) is 25.3 Å². The lowest BCUT2D eigenvalue weighted by atomic mass is 10.3. The molecule has 0 aliphatic carbocycles. The summed E-state index contributed by atoms with van der Waals surface area (Å²) in [6, 6.07) is 12.0. The van der Waals surface area contributed by atoms with Gasteiger partial charge in [0.05, 0.1) is 17.7 Å². The molecule has 0 amide bonds. The third-order valence-corrected chi connectivity index (χ3v) is 5.18. The van der Waals surface area contributed by atoms with Gasteiger partial charge in [0.25, 0.3) is 0 Å². The molecule has 0 unspecified atom stereocenters. The van der Waals surface area contributed by atoms with Crippen LogP contribution in [0.3, 0.4) is 0 Å². The Labute approximate surface area is 143 Å². The summed E-state index contributed by atoms with van der Waals surface area (Å²) in [6.07, 6.45) is 1.32. The highest BCUT2D eigenvalue weighted by Crippen LogP contribution is 2.20. The van der Waals surface area contributed by atoms with Gasteiger partial charge < -0.3 is 4.74 Å². The Balaban J connectivity index is 2.10. The second-order valence-corrected chi connectivity index (χ2v) is 6.95. The van der Waals surface area contributed by atoms with Crippen LogP contribution in [0.25, 0.3) is 5.69 Å². The van der Waals surface area contributed by atoms with Crippen molar-refractivity contribution in [3.8, 4) is 11.4 Å². The monoisotopic (exact) mass is 360 g/mol. The Bertz CT molecular complexity index is 1060. The van der Waals surface area contributed by atoms with Crippen molar-refractivity contribution in [1.29, 1.82) is 0 Å². The van der Waals surface area contributed by atoms with E-state index in [0.717, 1.165) is 6.07 Å². The Morgan fingerprint density at radius 3 is 2.24 bits per heavy atom. The molecule has 0 spiro atoms. The second kappa shape index (κ2) is 6.48. The summed E-state index contributed by atoms with van der Waals surface area (Å²) < 4.78 is 44.7. The molecule has 0 radical (unpaired) electrons. The van der Waals surface area contributed by atoms with Gasteiger partial charge in [-0.05, 0) is 48.5 Å². The van der Waals surface area contributed by atoms with Crippen molar-refractivity contribution in [2.45, 2.75) is 9.92 Å². The fraction of sp³-hybridized carbons (Fsp3) is 0.0588. The average molecular weight is 360 g/mol. The van der Waals surface area contributed by atoms with Crippen LogP contribution < -0.4 is 10.2 Å². The molecule has 3 rings (SSSR count). The molecule has 0 atom stereocenters. The normalized spacial score (nSPS) is 11.3. The zero-order chi connectivity index (χ0) is 18.0. The minimum absolute atomic E-state index is 0.0743. The molecule has 8 heteroatoms. The molecule has 1 aromatic heterocycles.